The zero-order valence-electron chi connectivity index (χ0n) is 28.8. The number of Topliss-reactive ketones (excluding diaryl/α,β-unsaturated/α-hetero) is 1. The van der Waals surface area contributed by atoms with Gasteiger partial charge in [0.2, 0.25) is 11.0 Å². The number of thioether (sulfide) groups is 1. The molecule has 0 aliphatic carbocycles. The van der Waals surface area contributed by atoms with Gasteiger partial charge < -0.3 is 63.3 Å². The van der Waals surface area contributed by atoms with Crippen LogP contribution in [-0.4, -0.2) is 183 Å². The van der Waals surface area contributed by atoms with Crippen molar-refractivity contribution < 1.29 is 72.3 Å². The molecule has 1 atom stereocenters. The first-order valence-electron chi connectivity index (χ1n) is 17.0. The molecule has 1 saturated heterocycles. The predicted octanol–water partition coefficient (Wildman–Crippen LogP) is -0.623. The number of amides is 1. The van der Waals surface area contributed by atoms with E-state index in [1.807, 2.05) is 0 Å². The molecule has 0 bridgehead atoms. The number of hydrogen-bond donors (Lipinski definition) is 4. The van der Waals surface area contributed by atoms with Crippen molar-refractivity contribution in [2.45, 2.75) is 38.1 Å². The summed E-state index contributed by atoms with van der Waals surface area (Å²) in [5, 5.41) is 29.8. The van der Waals surface area contributed by atoms with E-state index >= 15 is 0 Å². The summed E-state index contributed by atoms with van der Waals surface area (Å²) in [6.07, 6.45) is 1.84. The van der Waals surface area contributed by atoms with E-state index in [9.17, 15) is 14.4 Å². The molecule has 0 saturated carbocycles. The van der Waals surface area contributed by atoms with Crippen molar-refractivity contribution in [3.8, 4) is 0 Å². The first-order valence-corrected chi connectivity index (χ1v) is 17.9. The number of nitrogens with one attached hydrogen (secondary N) is 1. The smallest absolute Gasteiger partial charge is 0.221 e. The van der Waals surface area contributed by atoms with Crippen LogP contribution in [0, 0.1) is 5.41 Å². The van der Waals surface area contributed by atoms with Crippen LogP contribution in [0.1, 0.15) is 32.1 Å². The van der Waals surface area contributed by atoms with E-state index in [1.165, 1.54) is 11.8 Å². The first-order chi connectivity index (χ1) is 24.0. The van der Waals surface area contributed by atoms with Gasteiger partial charge in [-0.1, -0.05) is 11.8 Å². The summed E-state index contributed by atoms with van der Waals surface area (Å²) in [5.74, 6) is 0.468. The minimum Gasteiger partial charge on any atom is -0.394 e. The fourth-order valence-electron chi connectivity index (χ4n) is 4.34. The Morgan fingerprint density at radius 1 is 0.592 bits per heavy atom. The molecule has 0 spiro atoms. The maximum absolute atomic E-state index is 12.0. The summed E-state index contributed by atoms with van der Waals surface area (Å²) < 4.78 is 49.8. The van der Waals surface area contributed by atoms with Crippen molar-refractivity contribution in [1.29, 1.82) is 0 Å². The van der Waals surface area contributed by atoms with E-state index in [0.717, 1.165) is 5.75 Å². The summed E-state index contributed by atoms with van der Waals surface area (Å²) in [7, 11) is 0. The van der Waals surface area contributed by atoms with Crippen LogP contribution < -0.4 is 5.32 Å². The summed E-state index contributed by atoms with van der Waals surface area (Å²) in [4.78, 5) is 35.4. The van der Waals surface area contributed by atoms with Crippen LogP contribution in [0.3, 0.4) is 0 Å². The van der Waals surface area contributed by atoms with Gasteiger partial charge >= 0.3 is 0 Å². The van der Waals surface area contributed by atoms with Crippen LogP contribution in [0.15, 0.2) is 0 Å². The Kier molecular flexibility index (Phi) is 30.4. The highest BCUT2D eigenvalue weighted by molar-refractivity contribution is 8.14. The Labute approximate surface area is 294 Å². The Morgan fingerprint density at radius 3 is 1.41 bits per heavy atom. The normalized spacial score (nSPS) is 14.9. The van der Waals surface area contributed by atoms with Crippen molar-refractivity contribution >= 4 is 28.6 Å². The lowest BCUT2D eigenvalue weighted by atomic mass is 9.92. The zero-order chi connectivity index (χ0) is 35.7. The van der Waals surface area contributed by atoms with Crippen molar-refractivity contribution in [3.63, 3.8) is 0 Å². The Morgan fingerprint density at radius 2 is 1.00 bits per heavy atom. The van der Waals surface area contributed by atoms with Gasteiger partial charge in [0, 0.05) is 31.6 Å². The van der Waals surface area contributed by atoms with Gasteiger partial charge in [0.15, 0.2) is 0 Å². The molecular formula is C32H59NO15S. The van der Waals surface area contributed by atoms with E-state index < -0.39 is 11.5 Å². The fourth-order valence-corrected chi connectivity index (χ4v) is 5.27. The number of aliphatic hydroxyl groups is 3. The predicted molar refractivity (Wildman–Crippen MR) is 179 cm³/mol. The fraction of sp³-hybridized carbons (Fsp3) is 0.906. The molecule has 1 aliphatic heterocycles. The van der Waals surface area contributed by atoms with Crippen LogP contribution in [0.5, 0.6) is 0 Å². The molecule has 1 amide bonds. The Hall–Kier alpha value is -1.32. The molecule has 1 fully saturated rings. The number of carbonyl (C=O) groups is 3. The first kappa shape index (κ1) is 45.7. The van der Waals surface area contributed by atoms with Crippen LogP contribution in [-0.2, 0) is 57.0 Å². The monoisotopic (exact) mass is 729 g/mol. The van der Waals surface area contributed by atoms with Gasteiger partial charge in [-0.25, -0.2) is 0 Å². The van der Waals surface area contributed by atoms with Crippen molar-refractivity contribution in [3.05, 3.63) is 0 Å². The van der Waals surface area contributed by atoms with Gasteiger partial charge in [0.1, 0.15) is 5.78 Å². The number of hydrogen-bond acceptors (Lipinski definition) is 16. The molecule has 1 aliphatic rings. The van der Waals surface area contributed by atoms with Crippen LogP contribution >= 0.6 is 11.8 Å². The molecule has 17 heteroatoms. The highest BCUT2D eigenvalue weighted by atomic mass is 32.2. The topological polar surface area (TPSA) is 207 Å². The molecule has 0 aromatic heterocycles. The minimum atomic E-state index is -0.674. The quantitative estimate of drug-likeness (QED) is 0.0588. The third-order valence-corrected chi connectivity index (χ3v) is 7.85. The molecule has 1 rings (SSSR count). The van der Waals surface area contributed by atoms with E-state index in [2.05, 4.69) is 5.32 Å². The van der Waals surface area contributed by atoms with Crippen LogP contribution in [0.4, 0.5) is 0 Å². The van der Waals surface area contributed by atoms with E-state index in [0.29, 0.717) is 91.9 Å². The second-order valence-electron chi connectivity index (χ2n) is 11.2. The van der Waals surface area contributed by atoms with E-state index in [1.54, 1.807) is 0 Å². The standard InChI is InChI=1S/C32H59NO15S/c34-6-10-45-24-32(25-46-11-7-35,26-47-12-8-36)27-48-22-21-44-20-19-43-18-17-42-16-15-41-14-13-40-9-1-2-28(37)3-4-30(38)33-29-5-23-49-31(29)39/h29,34-36H,1-27H2,(H,33,38). The lowest BCUT2D eigenvalue weighted by Crippen LogP contribution is -2.42. The lowest BCUT2D eigenvalue weighted by Gasteiger charge is -2.32. The molecular weight excluding hydrogens is 670 g/mol. The van der Waals surface area contributed by atoms with Crippen molar-refractivity contribution in [2.24, 2.45) is 5.41 Å². The maximum Gasteiger partial charge on any atom is 0.221 e. The van der Waals surface area contributed by atoms with Gasteiger partial charge in [-0.3, -0.25) is 14.4 Å². The third-order valence-electron chi connectivity index (χ3n) is 6.85. The Balaban J connectivity index is 1.92. The van der Waals surface area contributed by atoms with Gasteiger partial charge in [0.25, 0.3) is 0 Å². The molecule has 1 unspecified atom stereocenters. The van der Waals surface area contributed by atoms with Crippen LogP contribution in [0.25, 0.3) is 0 Å². The van der Waals surface area contributed by atoms with Gasteiger partial charge in [-0.05, 0) is 12.8 Å². The SMILES string of the molecule is O=C(CCCOCCOCCOCCOCCOCCOCC(COCCO)(COCCO)COCCO)CCC(=O)NC1CCSC1=O. The number of ether oxygens (including phenoxy) is 9. The van der Waals surface area contributed by atoms with E-state index in [4.69, 9.17) is 58.0 Å². The molecule has 288 valence electrons. The van der Waals surface area contributed by atoms with Crippen molar-refractivity contribution in [2.75, 3.05) is 144 Å². The number of ketones is 1. The molecule has 0 aromatic carbocycles. The maximum atomic E-state index is 12.0. The number of rotatable bonds is 37. The minimum absolute atomic E-state index is 0.00198. The zero-order valence-corrected chi connectivity index (χ0v) is 29.6. The lowest BCUT2D eigenvalue weighted by molar-refractivity contribution is -0.127. The van der Waals surface area contributed by atoms with Crippen molar-refractivity contribution in [1.82, 2.24) is 5.32 Å². The molecule has 0 radical (unpaired) electrons. The second-order valence-corrected chi connectivity index (χ2v) is 12.3. The molecule has 1 heterocycles. The van der Waals surface area contributed by atoms with Gasteiger partial charge in [-0.2, -0.15) is 0 Å². The summed E-state index contributed by atoms with van der Waals surface area (Å²) in [6.45, 7) is 5.42. The highest BCUT2D eigenvalue weighted by Crippen LogP contribution is 2.21. The summed E-state index contributed by atoms with van der Waals surface area (Å²) in [5.41, 5.74) is -0.674. The summed E-state index contributed by atoms with van der Waals surface area (Å²) in [6, 6.07) is -0.415. The third kappa shape index (κ3) is 26.2. The molecule has 16 nitrogen and oxygen atoms in total. The Bertz CT molecular complexity index is 799. The second kappa shape index (κ2) is 32.6. The molecule has 0 aromatic rings. The van der Waals surface area contributed by atoms with E-state index in [-0.39, 0.29) is 95.7 Å². The highest BCUT2D eigenvalue weighted by Gasteiger charge is 2.32. The van der Waals surface area contributed by atoms with Gasteiger partial charge in [-0.15, -0.1) is 0 Å². The largest absolute Gasteiger partial charge is 0.394 e. The molecule has 4 N–H and O–H groups in total. The molecule has 49 heavy (non-hydrogen) atoms. The summed E-state index contributed by atoms with van der Waals surface area (Å²) >= 11 is 1.23. The number of aliphatic hydroxyl groups excluding tert-OH is 3. The van der Waals surface area contributed by atoms with Crippen LogP contribution in [0.2, 0.25) is 0 Å². The van der Waals surface area contributed by atoms with Gasteiger partial charge in [0.05, 0.1) is 144 Å². The average Bonchev–Trinajstić information content (AvgIpc) is 3.50. The number of carbonyl (C=O) groups excluding carboxylic acids is 3. The average molecular weight is 730 g/mol.